The van der Waals surface area contributed by atoms with Gasteiger partial charge in [-0.1, -0.05) is 64.2 Å². The Labute approximate surface area is 298 Å². The Morgan fingerprint density at radius 3 is 1.32 bits per heavy atom. The van der Waals surface area contributed by atoms with E-state index in [4.69, 9.17) is 24.1 Å². The van der Waals surface area contributed by atoms with E-state index in [1.165, 1.54) is 30.2 Å². The summed E-state index contributed by atoms with van der Waals surface area (Å²) in [6.07, 6.45) is 12.6. The molecule has 0 bridgehead atoms. The molecule has 50 heavy (non-hydrogen) atoms. The largest absolute Gasteiger partial charge is 0.482 e. The number of amides is 1. The van der Waals surface area contributed by atoms with E-state index in [2.05, 4.69) is 0 Å². The Hall–Kier alpha value is -3.83. The molecule has 0 aliphatic carbocycles. The number of esters is 2. The zero-order chi connectivity index (χ0) is 37.6. The number of unbranched alkanes of at least 4 members (excludes halogenated alkanes) is 11. The maximum Gasteiger partial charge on any atom is 0.344 e. The van der Waals surface area contributed by atoms with E-state index in [1.54, 1.807) is 53.7 Å². The van der Waals surface area contributed by atoms with Gasteiger partial charge < -0.3 is 34.1 Å². The van der Waals surface area contributed by atoms with E-state index in [1.807, 2.05) is 0 Å². The Kier molecular flexibility index (Phi) is 20.8. The van der Waals surface area contributed by atoms with Crippen LogP contribution < -0.4 is 9.47 Å². The first-order valence-corrected chi connectivity index (χ1v) is 18.0. The van der Waals surface area contributed by atoms with Crippen molar-refractivity contribution in [1.82, 2.24) is 4.90 Å². The van der Waals surface area contributed by atoms with Crippen LogP contribution in [0.1, 0.15) is 143 Å². The van der Waals surface area contributed by atoms with Crippen LogP contribution in [0.25, 0.3) is 0 Å². The molecule has 2 N–H and O–H groups in total. The molecule has 1 amide bonds. The fourth-order valence-electron chi connectivity index (χ4n) is 5.14. The minimum absolute atomic E-state index is 0.0187. The fraction of sp³-hybridized carbons (Fsp3) is 0.711. The van der Waals surface area contributed by atoms with Crippen LogP contribution in [0.4, 0.5) is 0 Å². The minimum atomic E-state index is -1.02. The monoisotopic (exact) mass is 707 g/mol. The van der Waals surface area contributed by atoms with Crippen molar-refractivity contribution in [2.24, 2.45) is 0 Å². The van der Waals surface area contributed by atoms with Gasteiger partial charge in [0.2, 0.25) is 5.91 Å². The summed E-state index contributed by atoms with van der Waals surface area (Å²) in [6.45, 7) is 9.84. The summed E-state index contributed by atoms with van der Waals surface area (Å²) in [4.78, 5) is 61.3. The van der Waals surface area contributed by atoms with E-state index < -0.39 is 35.1 Å². The van der Waals surface area contributed by atoms with Crippen LogP contribution in [0.15, 0.2) is 18.2 Å². The standard InChI is InChI=1S/C38H61NO11/c1-37(2,3)49-35(45)27-47-30-23-29(24-31(25-30)48-28-36(46)50-38(4,5)6)26-39(22-21-34(43)44)32(40)19-17-15-13-11-9-7-8-10-12-14-16-18-20-33(41)42/h23-25H,7-22,26-28H2,1-6H3,(H,41,42)(H,43,44). The number of ether oxygens (including phenoxy) is 4. The summed E-state index contributed by atoms with van der Waals surface area (Å²) in [7, 11) is 0. The molecule has 0 aliphatic heterocycles. The maximum atomic E-state index is 13.3. The molecule has 0 radical (unpaired) electrons. The number of aliphatic carboxylic acids is 2. The molecule has 0 atom stereocenters. The molecule has 1 aromatic carbocycles. The molecule has 284 valence electrons. The number of rotatable bonds is 26. The molecule has 0 spiro atoms. The molecular formula is C38H61NO11. The normalized spacial score (nSPS) is 11.5. The van der Waals surface area contributed by atoms with E-state index in [0.29, 0.717) is 18.4 Å². The van der Waals surface area contributed by atoms with Crippen molar-refractivity contribution >= 4 is 29.8 Å². The third-order valence-electron chi connectivity index (χ3n) is 7.35. The van der Waals surface area contributed by atoms with Gasteiger partial charge in [-0.2, -0.15) is 0 Å². The lowest BCUT2D eigenvalue weighted by Crippen LogP contribution is -2.32. The summed E-state index contributed by atoms with van der Waals surface area (Å²) in [5.74, 6) is -2.53. The average molecular weight is 708 g/mol. The van der Waals surface area contributed by atoms with Crippen LogP contribution in [-0.2, 0) is 40.0 Å². The third kappa shape index (κ3) is 24.3. The molecular weight excluding hydrogens is 646 g/mol. The molecule has 0 unspecified atom stereocenters. The molecule has 12 heteroatoms. The number of hydrogen-bond acceptors (Lipinski definition) is 9. The van der Waals surface area contributed by atoms with Crippen molar-refractivity contribution < 1.29 is 53.1 Å². The quantitative estimate of drug-likeness (QED) is 0.0724. The number of benzene rings is 1. The summed E-state index contributed by atoms with van der Waals surface area (Å²) < 4.78 is 22.0. The Morgan fingerprint density at radius 1 is 0.560 bits per heavy atom. The average Bonchev–Trinajstić information content (AvgIpc) is 2.99. The van der Waals surface area contributed by atoms with Gasteiger partial charge in [0.05, 0.1) is 6.42 Å². The second-order valence-corrected chi connectivity index (χ2v) is 14.7. The lowest BCUT2D eigenvalue weighted by molar-refractivity contribution is -0.158. The Bertz CT molecular complexity index is 1150. The molecule has 0 saturated carbocycles. The molecule has 12 nitrogen and oxygen atoms in total. The molecule has 0 aromatic heterocycles. The van der Waals surface area contributed by atoms with Crippen molar-refractivity contribution in [3.8, 4) is 11.5 Å². The highest BCUT2D eigenvalue weighted by molar-refractivity contribution is 5.77. The molecule has 0 fully saturated rings. The first-order valence-electron chi connectivity index (χ1n) is 18.0. The Morgan fingerprint density at radius 2 is 0.940 bits per heavy atom. The van der Waals surface area contributed by atoms with Crippen molar-refractivity contribution in [1.29, 1.82) is 0 Å². The second kappa shape index (κ2) is 23.6. The van der Waals surface area contributed by atoms with Crippen LogP contribution in [0.2, 0.25) is 0 Å². The topological polar surface area (TPSA) is 166 Å². The van der Waals surface area contributed by atoms with E-state index in [0.717, 1.165) is 51.4 Å². The number of carbonyl (C=O) groups is 5. The van der Waals surface area contributed by atoms with Gasteiger partial charge in [-0.25, -0.2) is 9.59 Å². The fourth-order valence-corrected chi connectivity index (χ4v) is 5.14. The van der Waals surface area contributed by atoms with Gasteiger partial charge in [-0.3, -0.25) is 14.4 Å². The second-order valence-electron chi connectivity index (χ2n) is 14.7. The first-order chi connectivity index (χ1) is 23.4. The predicted molar refractivity (Wildman–Crippen MR) is 189 cm³/mol. The highest BCUT2D eigenvalue weighted by Crippen LogP contribution is 2.25. The summed E-state index contributed by atoms with van der Waals surface area (Å²) in [5, 5.41) is 18.0. The smallest absolute Gasteiger partial charge is 0.344 e. The van der Waals surface area contributed by atoms with Crippen LogP contribution in [-0.4, -0.2) is 75.9 Å². The minimum Gasteiger partial charge on any atom is -0.482 e. The zero-order valence-corrected chi connectivity index (χ0v) is 31.2. The lowest BCUT2D eigenvalue weighted by atomic mass is 10.0. The predicted octanol–water partition coefficient (Wildman–Crippen LogP) is 7.48. The van der Waals surface area contributed by atoms with Crippen molar-refractivity contribution in [3.63, 3.8) is 0 Å². The van der Waals surface area contributed by atoms with Gasteiger partial charge in [0, 0.05) is 32.0 Å². The van der Waals surface area contributed by atoms with Gasteiger partial charge in [0.25, 0.3) is 0 Å². The van der Waals surface area contributed by atoms with E-state index in [9.17, 15) is 29.1 Å². The van der Waals surface area contributed by atoms with Crippen LogP contribution in [0.5, 0.6) is 11.5 Å². The van der Waals surface area contributed by atoms with Crippen molar-refractivity contribution in [2.45, 2.75) is 156 Å². The number of carboxylic acid groups (broad SMARTS) is 2. The Balaban J connectivity index is 2.74. The highest BCUT2D eigenvalue weighted by Gasteiger charge is 2.20. The van der Waals surface area contributed by atoms with Crippen molar-refractivity contribution in [3.05, 3.63) is 23.8 Å². The van der Waals surface area contributed by atoms with Crippen LogP contribution >= 0.6 is 0 Å². The third-order valence-corrected chi connectivity index (χ3v) is 7.35. The maximum absolute atomic E-state index is 13.3. The molecule has 0 saturated heterocycles. The van der Waals surface area contributed by atoms with E-state index >= 15 is 0 Å². The number of nitrogens with zero attached hydrogens (tertiary/aromatic N) is 1. The zero-order valence-electron chi connectivity index (χ0n) is 31.2. The van der Waals surface area contributed by atoms with Crippen molar-refractivity contribution in [2.75, 3.05) is 19.8 Å². The molecule has 1 aromatic rings. The highest BCUT2D eigenvalue weighted by atomic mass is 16.6. The summed E-state index contributed by atoms with van der Waals surface area (Å²) in [5.41, 5.74) is -0.811. The lowest BCUT2D eigenvalue weighted by Gasteiger charge is -2.23. The number of carbonyl (C=O) groups excluding carboxylic acids is 3. The summed E-state index contributed by atoms with van der Waals surface area (Å²) >= 11 is 0. The van der Waals surface area contributed by atoms with Crippen LogP contribution in [0, 0.1) is 0 Å². The van der Waals surface area contributed by atoms with Gasteiger partial charge in [-0.15, -0.1) is 0 Å². The van der Waals surface area contributed by atoms with Gasteiger partial charge >= 0.3 is 23.9 Å². The van der Waals surface area contributed by atoms with Gasteiger partial charge in [-0.05, 0) is 72.1 Å². The molecule has 1 rings (SSSR count). The number of carboxylic acids is 2. The molecule has 0 heterocycles. The first kappa shape index (κ1) is 44.2. The van der Waals surface area contributed by atoms with Crippen LogP contribution in [0.3, 0.4) is 0 Å². The van der Waals surface area contributed by atoms with E-state index in [-0.39, 0.29) is 56.6 Å². The summed E-state index contributed by atoms with van der Waals surface area (Å²) in [6, 6.07) is 4.81. The van der Waals surface area contributed by atoms with Gasteiger partial charge in [0.1, 0.15) is 22.7 Å². The number of hydrogen-bond donors (Lipinski definition) is 2. The SMILES string of the molecule is CC(C)(C)OC(=O)COc1cc(CN(CCC(=O)O)C(=O)CCCCCCCCCCCCCCC(=O)O)cc(OCC(=O)OC(C)(C)C)c1. The molecule has 0 aliphatic rings. The van der Waals surface area contributed by atoms with Gasteiger partial charge in [0.15, 0.2) is 13.2 Å².